The second kappa shape index (κ2) is 6.50. The minimum absolute atomic E-state index is 0.0621. The van der Waals surface area contributed by atoms with Crippen LogP contribution >= 0.6 is 11.6 Å². The zero-order valence-electron chi connectivity index (χ0n) is 15.0. The molecule has 8 heteroatoms. The predicted octanol–water partition coefficient (Wildman–Crippen LogP) is 2.58. The van der Waals surface area contributed by atoms with Crippen LogP contribution in [-0.4, -0.2) is 32.7 Å². The summed E-state index contributed by atoms with van der Waals surface area (Å²) in [7, 11) is 0. The van der Waals surface area contributed by atoms with E-state index >= 15 is 0 Å². The quantitative estimate of drug-likeness (QED) is 0.669. The van der Waals surface area contributed by atoms with E-state index < -0.39 is 0 Å². The summed E-state index contributed by atoms with van der Waals surface area (Å²) in [6, 6.07) is 14.8. The lowest BCUT2D eigenvalue weighted by atomic mass is 9.83. The van der Waals surface area contributed by atoms with Gasteiger partial charge in [-0.05, 0) is 42.7 Å². The van der Waals surface area contributed by atoms with Crippen LogP contribution in [0.3, 0.4) is 0 Å². The Hall–Kier alpha value is -3.11. The number of fused-ring (bicyclic) bond motifs is 4. The molecule has 0 saturated carbocycles. The monoisotopic (exact) mass is 392 g/mol. The number of nitrogens with zero attached hydrogens (tertiary/aromatic N) is 6. The van der Waals surface area contributed by atoms with E-state index in [2.05, 4.69) is 21.2 Å². The molecule has 0 amide bonds. The maximum Gasteiger partial charge on any atom is 0.250 e. The Balaban J connectivity index is 1.50. The van der Waals surface area contributed by atoms with Gasteiger partial charge in [-0.15, -0.1) is 15.0 Å². The van der Waals surface area contributed by atoms with Gasteiger partial charge in [0.2, 0.25) is 5.69 Å². The van der Waals surface area contributed by atoms with Crippen molar-refractivity contribution in [2.45, 2.75) is 18.9 Å². The van der Waals surface area contributed by atoms with Gasteiger partial charge in [-0.25, -0.2) is 0 Å². The second-order valence-corrected chi connectivity index (χ2v) is 7.79. The van der Waals surface area contributed by atoms with Crippen molar-refractivity contribution in [1.82, 2.24) is 19.6 Å². The van der Waals surface area contributed by atoms with Crippen LogP contribution in [0.15, 0.2) is 47.3 Å². The molecule has 0 N–H and O–H groups in total. The third-order valence-corrected chi connectivity index (χ3v) is 5.79. The number of hydrogen-bond donors (Lipinski definition) is 0. The van der Waals surface area contributed by atoms with Gasteiger partial charge in [-0.3, -0.25) is 4.79 Å². The van der Waals surface area contributed by atoms with E-state index in [0.717, 1.165) is 24.3 Å². The van der Waals surface area contributed by atoms with Crippen molar-refractivity contribution in [2.24, 2.45) is 5.92 Å². The van der Waals surface area contributed by atoms with E-state index in [9.17, 15) is 10.1 Å². The predicted molar refractivity (Wildman–Crippen MR) is 105 cm³/mol. The van der Waals surface area contributed by atoms with Crippen molar-refractivity contribution in [3.8, 4) is 11.8 Å². The molecule has 2 atom stereocenters. The van der Waals surface area contributed by atoms with E-state index in [1.165, 1.54) is 4.80 Å². The van der Waals surface area contributed by atoms with Crippen LogP contribution < -0.4 is 10.5 Å². The normalized spacial score (nSPS) is 20.5. The fourth-order valence-electron chi connectivity index (χ4n) is 4.34. The number of piperidine rings is 1. The third-order valence-electron chi connectivity index (χ3n) is 5.54. The van der Waals surface area contributed by atoms with Crippen LogP contribution in [0.2, 0.25) is 5.02 Å². The molecule has 1 saturated heterocycles. The van der Waals surface area contributed by atoms with Crippen LogP contribution in [0.1, 0.15) is 23.7 Å². The molecule has 4 heterocycles. The van der Waals surface area contributed by atoms with Crippen molar-refractivity contribution in [3.05, 3.63) is 69.2 Å². The van der Waals surface area contributed by atoms with Gasteiger partial charge in [0, 0.05) is 42.3 Å². The smallest absolute Gasteiger partial charge is 0.250 e. The fraction of sp³-hybridized carbons (Fsp3) is 0.300. The van der Waals surface area contributed by atoms with Crippen LogP contribution in [-0.2, 0) is 6.54 Å². The Morgan fingerprint density at radius 2 is 1.89 bits per heavy atom. The molecular formula is C20H17ClN6O. The first kappa shape index (κ1) is 17.0. The summed E-state index contributed by atoms with van der Waals surface area (Å²) in [5.74, 6) is 1.19. The van der Waals surface area contributed by atoms with Crippen LogP contribution in [0.25, 0.3) is 5.69 Å². The number of nitriles is 1. The standard InChI is InChI=1S/C20H17ClN6O/c21-15-4-6-16(7-5-15)27-23-17(9-22)20(24-27)25-10-13-8-14(12-25)18-2-1-3-19(28)26(18)11-13/h1-7,13-14H,8,10-12H2. The molecule has 1 aromatic carbocycles. The molecule has 5 rings (SSSR count). The minimum atomic E-state index is 0.0621. The Morgan fingerprint density at radius 1 is 1.07 bits per heavy atom. The number of hydrogen-bond acceptors (Lipinski definition) is 5. The minimum Gasteiger partial charge on any atom is -0.352 e. The van der Waals surface area contributed by atoms with Crippen molar-refractivity contribution in [3.63, 3.8) is 0 Å². The van der Waals surface area contributed by atoms with Gasteiger partial charge in [-0.2, -0.15) is 5.26 Å². The summed E-state index contributed by atoms with van der Waals surface area (Å²) in [5, 5.41) is 19.2. The first-order valence-corrected chi connectivity index (χ1v) is 9.58. The van der Waals surface area contributed by atoms with Gasteiger partial charge in [0.25, 0.3) is 5.56 Å². The molecule has 7 nitrogen and oxygen atoms in total. The van der Waals surface area contributed by atoms with Gasteiger partial charge in [0.05, 0.1) is 5.69 Å². The lowest BCUT2D eigenvalue weighted by Gasteiger charge is -2.42. The molecule has 2 aromatic heterocycles. The van der Waals surface area contributed by atoms with Crippen molar-refractivity contribution < 1.29 is 0 Å². The highest BCUT2D eigenvalue weighted by Gasteiger charge is 2.36. The highest BCUT2D eigenvalue weighted by atomic mass is 35.5. The van der Waals surface area contributed by atoms with Gasteiger partial charge in [0.1, 0.15) is 6.07 Å². The Bertz CT molecular complexity index is 1140. The number of halogens is 1. The van der Waals surface area contributed by atoms with E-state index in [1.807, 2.05) is 28.8 Å². The molecule has 2 aliphatic rings. The average molecular weight is 393 g/mol. The Morgan fingerprint density at radius 3 is 2.68 bits per heavy atom. The molecule has 2 unspecified atom stereocenters. The van der Waals surface area contributed by atoms with E-state index in [4.69, 9.17) is 11.6 Å². The largest absolute Gasteiger partial charge is 0.352 e. The zero-order chi connectivity index (χ0) is 19.3. The molecule has 2 bridgehead atoms. The molecule has 0 aliphatic carbocycles. The number of rotatable bonds is 2. The molecule has 3 aromatic rings. The molecule has 140 valence electrons. The topological polar surface area (TPSA) is 79.7 Å². The average Bonchev–Trinajstić information content (AvgIpc) is 3.14. The van der Waals surface area contributed by atoms with Crippen molar-refractivity contribution in [2.75, 3.05) is 18.0 Å². The summed E-state index contributed by atoms with van der Waals surface area (Å²) < 4.78 is 1.89. The molecule has 1 fully saturated rings. The van der Waals surface area contributed by atoms with Gasteiger partial charge in [0.15, 0.2) is 5.82 Å². The fourth-order valence-corrected chi connectivity index (χ4v) is 4.47. The highest BCUT2D eigenvalue weighted by Crippen LogP contribution is 2.37. The first-order valence-electron chi connectivity index (χ1n) is 9.20. The Labute approximate surface area is 166 Å². The van der Waals surface area contributed by atoms with Crippen molar-refractivity contribution >= 4 is 17.4 Å². The number of anilines is 1. The number of aromatic nitrogens is 4. The molecule has 28 heavy (non-hydrogen) atoms. The summed E-state index contributed by atoms with van der Waals surface area (Å²) in [5.41, 5.74) is 2.19. The summed E-state index contributed by atoms with van der Waals surface area (Å²) in [6.07, 6.45) is 1.05. The summed E-state index contributed by atoms with van der Waals surface area (Å²) >= 11 is 5.96. The van der Waals surface area contributed by atoms with Crippen molar-refractivity contribution in [1.29, 1.82) is 5.26 Å². The van der Waals surface area contributed by atoms with Gasteiger partial charge < -0.3 is 9.47 Å². The van der Waals surface area contributed by atoms with Crippen LogP contribution in [0, 0.1) is 17.2 Å². The van der Waals surface area contributed by atoms with E-state index in [-0.39, 0.29) is 11.5 Å². The third kappa shape index (κ3) is 2.77. The lowest BCUT2D eigenvalue weighted by molar-refractivity contribution is 0.280. The lowest BCUT2D eigenvalue weighted by Crippen LogP contribution is -2.47. The first-order chi connectivity index (χ1) is 13.6. The van der Waals surface area contributed by atoms with E-state index in [1.54, 1.807) is 18.2 Å². The van der Waals surface area contributed by atoms with Gasteiger partial charge in [-0.1, -0.05) is 17.7 Å². The summed E-state index contributed by atoms with van der Waals surface area (Å²) in [6.45, 7) is 2.18. The highest BCUT2D eigenvalue weighted by molar-refractivity contribution is 6.30. The molecule has 2 aliphatic heterocycles. The molecular weight excluding hydrogens is 376 g/mol. The second-order valence-electron chi connectivity index (χ2n) is 7.35. The molecule has 0 radical (unpaired) electrons. The van der Waals surface area contributed by atoms with Gasteiger partial charge >= 0.3 is 0 Å². The SMILES string of the molecule is N#Cc1nn(-c2ccc(Cl)cc2)nc1N1CC2CC(C1)c1cccc(=O)n1C2. The number of benzene rings is 1. The zero-order valence-corrected chi connectivity index (χ0v) is 15.8. The molecule has 0 spiro atoms. The maximum absolute atomic E-state index is 12.2. The van der Waals surface area contributed by atoms with Crippen LogP contribution in [0.5, 0.6) is 0 Å². The number of pyridine rings is 1. The maximum atomic E-state index is 12.2. The summed E-state index contributed by atoms with van der Waals surface area (Å²) in [4.78, 5) is 15.8. The Kier molecular flexibility index (Phi) is 3.95. The van der Waals surface area contributed by atoms with E-state index in [0.29, 0.717) is 35.5 Å². The van der Waals surface area contributed by atoms with Crippen LogP contribution in [0.4, 0.5) is 5.82 Å².